The molecule has 0 aliphatic heterocycles. The molecule has 0 fully saturated rings. The van der Waals surface area contributed by atoms with Gasteiger partial charge in [-0.25, -0.2) is 0 Å². The van der Waals surface area contributed by atoms with Gasteiger partial charge in [0.25, 0.3) is 0 Å². The van der Waals surface area contributed by atoms with Gasteiger partial charge in [0.15, 0.2) is 0 Å². The number of nitrogens with one attached hydrogen (secondary N) is 1. The Labute approximate surface area is 134 Å². The first kappa shape index (κ1) is 15.8. The minimum absolute atomic E-state index is 0.0806. The molecule has 0 bridgehead atoms. The molecule has 2 nitrogen and oxygen atoms in total. The van der Waals surface area contributed by atoms with E-state index in [1.54, 1.807) is 0 Å². The van der Waals surface area contributed by atoms with Gasteiger partial charge in [0.2, 0.25) is 5.91 Å². The van der Waals surface area contributed by atoms with Crippen LogP contribution in [0.3, 0.4) is 0 Å². The van der Waals surface area contributed by atoms with Crippen LogP contribution in [0.5, 0.6) is 0 Å². The molecule has 1 amide bonds. The van der Waals surface area contributed by atoms with E-state index in [2.05, 4.69) is 52.4 Å². The summed E-state index contributed by atoms with van der Waals surface area (Å²) in [5.41, 5.74) is 3.63. The first-order chi connectivity index (χ1) is 10.1. The Morgan fingerprint density at radius 1 is 1.10 bits per heavy atom. The van der Waals surface area contributed by atoms with Gasteiger partial charge in [-0.05, 0) is 43.0 Å². The second-order valence-electron chi connectivity index (χ2n) is 5.25. The molecule has 0 radical (unpaired) electrons. The number of carbonyl (C=O) groups excluding carboxylic acids is 1. The Hall–Kier alpha value is -1.61. The first-order valence-corrected chi connectivity index (χ1v) is 7.99. The van der Waals surface area contributed by atoms with Crippen LogP contribution in [0.2, 0.25) is 0 Å². The summed E-state index contributed by atoms with van der Waals surface area (Å²) in [5, 5.41) is 2.98. The smallest absolute Gasteiger partial charge is 0.224 e. The van der Waals surface area contributed by atoms with Crippen molar-refractivity contribution in [1.82, 2.24) is 5.32 Å². The van der Waals surface area contributed by atoms with Crippen molar-refractivity contribution in [1.29, 1.82) is 0 Å². The van der Waals surface area contributed by atoms with Crippen LogP contribution in [0.1, 0.15) is 23.1 Å². The Balaban J connectivity index is 1.68. The molecule has 0 spiro atoms. The van der Waals surface area contributed by atoms with E-state index in [-0.39, 0.29) is 5.91 Å². The largest absolute Gasteiger partial charge is 0.356 e. The zero-order valence-corrected chi connectivity index (χ0v) is 13.8. The van der Waals surface area contributed by atoms with Gasteiger partial charge in [-0.3, -0.25) is 4.79 Å². The highest BCUT2D eigenvalue weighted by molar-refractivity contribution is 9.10. The van der Waals surface area contributed by atoms with Crippen LogP contribution in [0.15, 0.2) is 53.0 Å². The summed E-state index contributed by atoms with van der Waals surface area (Å²) in [6.45, 7) is 2.81. The summed E-state index contributed by atoms with van der Waals surface area (Å²) in [6.07, 6.45) is 2.40. The van der Waals surface area contributed by atoms with Crippen LogP contribution in [-0.4, -0.2) is 12.5 Å². The van der Waals surface area contributed by atoms with Gasteiger partial charge in [-0.2, -0.15) is 0 Å². The van der Waals surface area contributed by atoms with Crippen LogP contribution in [0.25, 0.3) is 0 Å². The molecule has 0 aliphatic carbocycles. The lowest BCUT2D eigenvalue weighted by Crippen LogP contribution is -2.26. The highest BCUT2D eigenvalue weighted by atomic mass is 79.9. The highest BCUT2D eigenvalue weighted by Crippen LogP contribution is 2.12. The van der Waals surface area contributed by atoms with E-state index in [0.717, 1.165) is 29.4 Å². The van der Waals surface area contributed by atoms with E-state index in [0.29, 0.717) is 6.42 Å². The number of benzene rings is 2. The molecule has 0 aromatic heterocycles. The maximum atomic E-state index is 11.9. The van der Waals surface area contributed by atoms with Crippen LogP contribution in [-0.2, 0) is 17.6 Å². The maximum Gasteiger partial charge on any atom is 0.224 e. The summed E-state index contributed by atoms with van der Waals surface area (Å²) in [5.74, 6) is 0.0806. The van der Waals surface area contributed by atoms with Crippen molar-refractivity contribution in [2.24, 2.45) is 0 Å². The number of rotatable bonds is 6. The van der Waals surface area contributed by atoms with Gasteiger partial charge in [0.1, 0.15) is 0 Å². The van der Waals surface area contributed by atoms with Crippen molar-refractivity contribution in [3.8, 4) is 0 Å². The Bertz CT molecular complexity index is 592. The average Bonchev–Trinajstić information content (AvgIpc) is 2.45. The quantitative estimate of drug-likeness (QED) is 0.786. The summed E-state index contributed by atoms with van der Waals surface area (Å²) < 4.78 is 1.01. The van der Waals surface area contributed by atoms with Crippen molar-refractivity contribution in [3.63, 3.8) is 0 Å². The van der Waals surface area contributed by atoms with Crippen molar-refractivity contribution in [2.75, 3.05) is 6.54 Å². The van der Waals surface area contributed by atoms with E-state index in [1.165, 1.54) is 11.1 Å². The van der Waals surface area contributed by atoms with Crippen molar-refractivity contribution in [2.45, 2.75) is 26.2 Å². The maximum absolute atomic E-state index is 11.9. The number of halogens is 1. The van der Waals surface area contributed by atoms with Gasteiger partial charge in [-0.1, -0.05) is 57.9 Å². The third kappa shape index (κ3) is 5.72. The Morgan fingerprint density at radius 2 is 1.86 bits per heavy atom. The SMILES string of the molecule is Cc1ccc(CCCNC(=O)Cc2cccc(Br)c2)cc1. The number of carbonyl (C=O) groups is 1. The van der Waals surface area contributed by atoms with Gasteiger partial charge < -0.3 is 5.32 Å². The molecule has 21 heavy (non-hydrogen) atoms. The molecule has 0 aliphatic rings. The van der Waals surface area contributed by atoms with Crippen LogP contribution in [0, 0.1) is 6.92 Å². The predicted molar refractivity (Wildman–Crippen MR) is 90.4 cm³/mol. The molecular formula is C18H20BrNO. The fourth-order valence-corrected chi connectivity index (χ4v) is 2.62. The summed E-state index contributed by atoms with van der Waals surface area (Å²) in [4.78, 5) is 11.9. The molecule has 2 aromatic carbocycles. The molecule has 0 saturated carbocycles. The molecule has 2 rings (SSSR count). The van der Waals surface area contributed by atoms with E-state index >= 15 is 0 Å². The summed E-state index contributed by atoms with van der Waals surface area (Å²) in [6, 6.07) is 16.4. The molecular weight excluding hydrogens is 326 g/mol. The molecule has 3 heteroatoms. The molecule has 0 saturated heterocycles. The predicted octanol–water partition coefficient (Wildman–Crippen LogP) is 4.05. The van der Waals surface area contributed by atoms with Gasteiger partial charge in [-0.15, -0.1) is 0 Å². The average molecular weight is 346 g/mol. The third-order valence-electron chi connectivity index (χ3n) is 3.34. The molecule has 0 atom stereocenters. The van der Waals surface area contributed by atoms with Gasteiger partial charge >= 0.3 is 0 Å². The summed E-state index contributed by atoms with van der Waals surface area (Å²) >= 11 is 3.42. The standard InChI is InChI=1S/C18H20BrNO/c1-14-7-9-15(10-8-14)5-3-11-20-18(21)13-16-4-2-6-17(19)12-16/h2,4,6-10,12H,3,5,11,13H2,1H3,(H,20,21). The third-order valence-corrected chi connectivity index (χ3v) is 3.83. The lowest BCUT2D eigenvalue weighted by molar-refractivity contribution is -0.120. The zero-order chi connectivity index (χ0) is 15.1. The lowest BCUT2D eigenvalue weighted by Gasteiger charge is -2.06. The van der Waals surface area contributed by atoms with Crippen LogP contribution >= 0.6 is 15.9 Å². The molecule has 0 heterocycles. The molecule has 110 valence electrons. The Morgan fingerprint density at radius 3 is 2.57 bits per heavy atom. The van der Waals surface area contributed by atoms with Crippen molar-refractivity contribution >= 4 is 21.8 Å². The van der Waals surface area contributed by atoms with E-state index < -0.39 is 0 Å². The second kappa shape index (κ2) is 7.99. The molecule has 1 N–H and O–H groups in total. The van der Waals surface area contributed by atoms with Crippen LogP contribution in [0.4, 0.5) is 0 Å². The zero-order valence-electron chi connectivity index (χ0n) is 12.2. The molecule has 2 aromatic rings. The van der Waals surface area contributed by atoms with E-state index in [1.807, 2.05) is 24.3 Å². The minimum atomic E-state index is 0.0806. The van der Waals surface area contributed by atoms with Crippen molar-refractivity contribution < 1.29 is 4.79 Å². The van der Waals surface area contributed by atoms with Gasteiger partial charge in [0, 0.05) is 11.0 Å². The van der Waals surface area contributed by atoms with E-state index in [4.69, 9.17) is 0 Å². The van der Waals surface area contributed by atoms with E-state index in [9.17, 15) is 4.79 Å². The van der Waals surface area contributed by atoms with Crippen LogP contribution < -0.4 is 5.32 Å². The van der Waals surface area contributed by atoms with Gasteiger partial charge in [0.05, 0.1) is 6.42 Å². The number of hydrogen-bond donors (Lipinski definition) is 1. The first-order valence-electron chi connectivity index (χ1n) is 7.20. The summed E-state index contributed by atoms with van der Waals surface area (Å²) in [7, 11) is 0. The number of aryl methyl sites for hydroxylation is 2. The molecule has 0 unspecified atom stereocenters. The second-order valence-corrected chi connectivity index (χ2v) is 6.16. The fourth-order valence-electron chi connectivity index (χ4n) is 2.17. The number of amides is 1. The number of hydrogen-bond acceptors (Lipinski definition) is 1. The Kier molecular flexibility index (Phi) is 6.00. The fraction of sp³-hybridized carbons (Fsp3) is 0.278. The minimum Gasteiger partial charge on any atom is -0.356 e. The highest BCUT2D eigenvalue weighted by Gasteiger charge is 2.03. The normalized spacial score (nSPS) is 10.4. The lowest BCUT2D eigenvalue weighted by atomic mass is 10.1. The van der Waals surface area contributed by atoms with Crippen molar-refractivity contribution in [3.05, 3.63) is 69.7 Å². The topological polar surface area (TPSA) is 29.1 Å². The monoisotopic (exact) mass is 345 g/mol.